The van der Waals surface area contributed by atoms with Crippen molar-refractivity contribution in [3.8, 4) is 0 Å². The first kappa shape index (κ1) is 14.1. The SMILES string of the molecule is O=C(O)C1C2CCC(C2)C1Nc1ccc(Cl)cc1[N+](=O)[O-]. The average molecular weight is 311 g/mol. The first-order valence-corrected chi connectivity index (χ1v) is 7.28. The Morgan fingerprint density at radius 2 is 2.10 bits per heavy atom. The van der Waals surface area contributed by atoms with Crippen LogP contribution >= 0.6 is 11.6 Å². The van der Waals surface area contributed by atoms with E-state index < -0.39 is 16.8 Å². The summed E-state index contributed by atoms with van der Waals surface area (Å²) in [6, 6.07) is 4.15. The summed E-state index contributed by atoms with van der Waals surface area (Å²) in [5, 5.41) is 23.9. The van der Waals surface area contributed by atoms with Crippen LogP contribution in [0.4, 0.5) is 11.4 Å². The highest BCUT2D eigenvalue weighted by atomic mass is 35.5. The summed E-state index contributed by atoms with van der Waals surface area (Å²) in [5.74, 6) is -0.849. The molecule has 4 unspecified atom stereocenters. The van der Waals surface area contributed by atoms with Gasteiger partial charge in [-0.25, -0.2) is 0 Å². The molecule has 0 radical (unpaired) electrons. The Morgan fingerprint density at radius 1 is 1.38 bits per heavy atom. The molecule has 2 saturated carbocycles. The molecule has 2 bridgehead atoms. The van der Waals surface area contributed by atoms with E-state index >= 15 is 0 Å². The van der Waals surface area contributed by atoms with Gasteiger partial charge in [-0.05, 0) is 43.2 Å². The Balaban J connectivity index is 1.89. The summed E-state index contributed by atoms with van der Waals surface area (Å²) in [5.41, 5.74) is 0.225. The molecular weight excluding hydrogens is 296 g/mol. The lowest BCUT2D eigenvalue weighted by atomic mass is 9.84. The number of nitrogens with one attached hydrogen (secondary N) is 1. The number of hydrogen-bond acceptors (Lipinski definition) is 4. The minimum atomic E-state index is -0.823. The van der Waals surface area contributed by atoms with Gasteiger partial charge in [0.05, 0.1) is 10.8 Å². The minimum Gasteiger partial charge on any atom is -0.481 e. The quantitative estimate of drug-likeness (QED) is 0.658. The van der Waals surface area contributed by atoms with Crippen LogP contribution in [-0.2, 0) is 4.79 Å². The fourth-order valence-corrected chi connectivity index (χ4v) is 3.98. The molecule has 3 rings (SSSR count). The van der Waals surface area contributed by atoms with Crippen LogP contribution in [0.15, 0.2) is 18.2 Å². The number of halogens is 1. The van der Waals surface area contributed by atoms with Crippen molar-refractivity contribution in [3.05, 3.63) is 33.3 Å². The lowest BCUT2D eigenvalue weighted by Crippen LogP contribution is -2.39. The number of nitrogens with zero attached hydrogens (tertiary/aromatic N) is 1. The zero-order valence-electron chi connectivity index (χ0n) is 11.2. The first-order valence-electron chi connectivity index (χ1n) is 6.90. The fourth-order valence-electron chi connectivity index (χ4n) is 3.81. The lowest BCUT2D eigenvalue weighted by Gasteiger charge is -2.29. The average Bonchev–Trinajstić information content (AvgIpc) is 3.01. The van der Waals surface area contributed by atoms with Crippen LogP contribution in [0.5, 0.6) is 0 Å². The number of anilines is 1. The van der Waals surface area contributed by atoms with Gasteiger partial charge in [-0.1, -0.05) is 11.6 Å². The number of nitro benzene ring substituents is 1. The van der Waals surface area contributed by atoms with Gasteiger partial charge in [-0.2, -0.15) is 0 Å². The summed E-state index contributed by atoms with van der Waals surface area (Å²) in [7, 11) is 0. The minimum absolute atomic E-state index is 0.116. The van der Waals surface area contributed by atoms with Crippen molar-refractivity contribution in [1.82, 2.24) is 0 Å². The van der Waals surface area contributed by atoms with Crippen molar-refractivity contribution < 1.29 is 14.8 Å². The molecular formula is C14H15ClN2O4. The van der Waals surface area contributed by atoms with E-state index in [0.717, 1.165) is 19.3 Å². The third-order valence-electron chi connectivity index (χ3n) is 4.68. The number of rotatable bonds is 4. The molecule has 2 N–H and O–H groups in total. The Kier molecular flexibility index (Phi) is 3.49. The van der Waals surface area contributed by atoms with Gasteiger partial charge in [0.1, 0.15) is 5.69 Å². The van der Waals surface area contributed by atoms with Gasteiger partial charge < -0.3 is 10.4 Å². The number of carbonyl (C=O) groups is 1. The summed E-state index contributed by atoms with van der Waals surface area (Å²) < 4.78 is 0. The van der Waals surface area contributed by atoms with Gasteiger partial charge in [0.15, 0.2) is 0 Å². The Hall–Kier alpha value is -1.82. The van der Waals surface area contributed by atoms with Gasteiger partial charge >= 0.3 is 5.97 Å². The van der Waals surface area contributed by atoms with Gasteiger partial charge in [-0.15, -0.1) is 0 Å². The van der Waals surface area contributed by atoms with E-state index in [9.17, 15) is 20.0 Å². The third-order valence-corrected chi connectivity index (χ3v) is 4.92. The zero-order valence-corrected chi connectivity index (χ0v) is 11.9. The van der Waals surface area contributed by atoms with E-state index in [4.69, 9.17) is 11.6 Å². The molecule has 0 amide bonds. The Bertz CT molecular complexity index is 607. The molecule has 0 heterocycles. The molecule has 0 aliphatic heterocycles. The topological polar surface area (TPSA) is 92.5 Å². The van der Waals surface area contributed by atoms with Gasteiger partial charge in [0, 0.05) is 17.1 Å². The van der Waals surface area contributed by atoms with E-state index in [2.05, 4.69) is 5.32 Å². The molecule has 2 aliphatic rings. The third kappa shape index (κ3) is 2.44. The molecule has 1 aromatic carbocycles. The molecule has 112 valence electrons. The summed E-state index contributed by atoms with van der Waals surface area (Å²) in [6.07, 6.45) is 2.80. The van der Waals surface area contributed by atoms with Gasteiger partial charge in [0.25, 0.3) is 5.69 Å². The van der Waals surface area contributed by atoms with E-state index in [-0.39, 0.29) is 28.6 Å². The van der Waals surface area contributed by atoms with Crippen molar-refractivity contribution in [2.75, 3.05) is 5.32 Å². The molecule has 6 nitrogen and oxygen atoms in total. The molecule has 0 saturated heterocycles. The maximum Gasteiger partial charge on any atom is 0.308 e. The van der Waals surface area contributed by atoms with Crippen molar-refractivity contribution >= 4 is 28.9 Å². The van der Waals surface area contributed by atoms with Gasteiger partial charge in [0.2, 0.25) is 0 Å². The highest BCUT2D eigenvalue weighted by Crippen LogP contribution is 2.50. The second-order valence-corrected chi connectivity index (χ2v) is 6.22. The van der Waals surface area contributed by atoms with E-state index in [1.165, 1.54) is 6.07 Å². The summed E-state index contributed by atoms with van der Waals surface area (Å²) in [4.78, 5) is 22.1. The van der Waals surface area contributed by atoms with Gasteiger partial charge in [-0.3, -0.25) is 14.9 Å². The van der Waals surface area contributed by atoms with Crippen molar-refractivity contribution in [2.24, 2.45) is 17.8 Å². The number of fused-ring (bicyclic) bond motifs is 2. The predicted octanol–water partition coefficient (Wildman–Crippen LogP) is 3.16. The molecule has 2 fully saturated rings. The molecule has 0 aromatic heterocycles. The molecule has 21 heavy (non-hydrogen) atoms. The van der Waals surface area contributed by atoms with Crippen LogP contribution in [0.25, 0.3) is 0 Å². The second-order valence-electron chi connectivity index (χ2n) is 5.79. The van der Waals surface area contributed by atoms with Crippen LogP contribution in [0.1, 0.15) is 19.3 Å². The van der Waals surface area contributed by atoms with Crippen molar-refractivity contribution in [2.45, 2.75) is 25.3 Å². The van der Waals surface area contributed by atoms with Crippen molar-refractivity contribution in [1.29, 1.82) is 0 Å². The number of hydrogen-bond donors (Lipinski definition) is 2. The number of benzene rings is 1. The van der Waals surface area contributed by atoms with Crippen molar-refractivity contribution in [3.63, 3.8) is 0 Å². The number of aliphatic carboxylic acids is 1. The molecule has 0 spiro atoms. The second kappa shape index (κ2) is 5.18. The predicted molar refractivity (Wildman–Crippen MR) is 77.5 cm³/mol. The fraction of sp³-hybridized carbons (Fsp3) is 0.500. The number of carboxylic acid groups (broad SMARTS) is 1. The molecule has 2 aliphatic carbocycles. The molecule has 4 atom stereocenters. The summed E-state index contributed by atoms with van der Waals surface area (Å²) >= 11 is 5.79. The monoisotopic (exact) mass is 310 g/mol. The van der Waals surface area contributed by atoms with Crippen LogP contribution in [0.2, 0.25) is 5.02 Å². The maximum atomic E-state index is 11.5. The van der Waals surface area contributed by atoms with E-state index in [1.54, 1.807) is 12.1 Å². The maximum absolute atomic E-state index is 11.5. The lowest BCUT2D eigenvalue weighted by molar-refractivity contribution is -0.384. The van der Waals surface area contributed by atoms with Crippen LogP contribution in [0.3, 0.4) is 0 Å². The number of nitro groups is 1. The summed E-state index contributed by atoms with van der Waals surface area (Å²) in [6.45, 7) is 0. The van der Waals surface area contributed by atoms with E-state index in [0.29, 0.717) is 5.69 Å². The van der Waals surface area contributed by atoms with Crippen LogP contribution < -0.4 is 5.32 Å². The Labute approximate surface area is 126 Å². The largest absolute Gasteiger partial charge is 0.481 e. The van der Waals surface area contributed by atoms with Crippen LogP contribution in [0, 0.1) is 27.9 Å². The van der Waals surface area contributed by atoms with E-state index in [1.807, 2.05) is 0 Å². The zero-order chi connectivity index (χ0) is 15.1. The first-order chi connectivity index (χ1) is 9.97. The standard InChI is InChI=1S/C14H15ClN2O4/c15-9-3-4-10(11(6-9)17(20)21)16-13-8-2-1-7(5-8)12(13)14(18)19/h3-4,6-8,12-13,16H,1-2,5H2,(H,18,19). The molecule has 7 heteroatoms. The molecule has 1 aromatic rings. The highest BCUT2D eigenvalue weighted by molar-refractivity contribution is 6.30. The Morgan fingerprint density at radius 3 is 2.76 bits per heavy atom. The highest BCUT2D eigenvalue weighted by Gasteiger charge is 2.51. The van der Waals surface area contributed by atoms with Crippen LogP contribution in [-0.4, -0.2) is 22.0 Å². The normalized spacial score (nSPS) is 30.3. The number of carboxylic acids is 1. The smallest absolute Gasteiger partial charge is 0.308 e.